The van der Waals surface area contributed by atoms with Gasteiger partial charge in [-0.05, 0) is 35.8 Å². The molecule has 0 aromatic heterocycles. The van der Waals surface area contributed by atoms with Gasteiger partial charge >= 0.3 is 0 Å². The number of amides is 1. The van der Waals surface area contributed by atoms with Crippen molar-refractivity contribution in [3.8, 4) is 0 Å². The molecule has 0 radical (unpaired) electrons. The third kappa shape index (κ3) is 2.46. The third-order valence-corrected chi connectivity index (χ3v) is 5.68. The molecule has 4 heteroatoms. The van der Waals surface area contributed by atoms with Crippen molar-refractivity contribution in [1.29, 1.82) is 0 Å². The molecule has 24 heavy (non-hydrogen) atoms. The zero-order valence-corrected chi connectivity index (χ0v) is 13.4. The van der Waals surface area contributed by atoms with E-state index in [4.69, 9.17) is 0 Å². The van der Waals surface area contributed by atoms with Gasteiger partial charge in [-0.25, -0.2) is 0 Å². The molecule has 4 nitrogen and oxygen atoms in total. The van der Waals surface area contributed by atoms with Gasteiger partial charge in [-0.1, -0.05) is 48.6 Å². The van der Waals surface area contributed by atoms with Crippen LogP contribution in [0, 0.1) is 23.7 Å². The van der Waals surface area contributed by atoms with Crippen molar-refractivity contribution in [2.75, 3.05) is 13.1 Å². The first kappa shape index (κ1) is 15.2. The zero-order chi connectivity index (χ0) is 16.7. The highest BCUT2D eigenvalue weighted by molar-refractivity contribution is 5.87. The lowest BCUT2D eigenvalue weighted by Gasteiger charge is -2.34. The van der Waals surface area contributed by atoms with E-state index in [1.165, 1.54) is 11.1 Å². The molecule has 1 fully saturated rings. The number of benzene rings is 1. The summed E-state index contributed by atoms with van der Waals surface area (Å²) in [5.41, 5.74) is 2.45. The molecule has 0 spiro atoms. The summed E-state index contributed by atoms with van der Waals surface area (Å²) < 4.78 is 0. The molecule has 0 saturated heterocycles. The van der Waals surface area contributed by atoms with Crippen LogP contribution >= 0.6 is 0 Å². The molecule has 1 amide bonds. The first-order valence-corrected chi connectivity index (χ1v) is 8.57. The molecule has 1 aromatic carbocycles. The quantitative estimate of drug-likeness (QED) is 0.792. The van der Waals surface area contributed by atoms with Crippen molar-refractivity contribution in [3.05, 3.63) is 54.1 Å². The second-order valence-electron chi connectivity index (χ2n) is 6.95. The van der Waals surface area contributed by atoms with Gasteiger partial charge in [0.25, 0.3) is 0 Å². The van der Waals surface area contributed by atoms with E-state index >= 15 is 0 Å². The van der Waals surface area contributed by atoms with Crippen LogP contribution in [0.15, 0.2) is 48.6 Å². The maximum atomic E-state index is 12.9. The summed E-state index contributed by atoms with van der Waals surface area (Å²) in [5, 5.41) is 11.5. The number of carboxylic acids is 1. The van der Waals surface area contributed by atoms with Crippen LogP contribution in [0.5, 0.6) is 0 Å². The Morgan fingerprint density at radius 1 is 1.04 bits per heavy atom. The zero-order valence-electron chi connectivity index (χ0n) is 13.4. The topological polar surface area (TPSA) is 60.4 Å². The highest BCUT2D eigenvalue weighted by atomic mass is 16.4. The summed E-state index contributed by atoms with van der Waals surface area (Å²) in [6.07, 6.45) is 7.63. The van der Waals surface area contributed by atoms with Crippen LogP contribution in [0.1, 0.15) is 18.4 Å². The average molecular weight is 322 g/mol. The number of fused-ring (bicyclic) bond motifs is 2. The van der Waals surface area contributed by atoms with Crippen molar-refractivity contribution < 1.29 is 14.7 Å². The summed E-state index contributed by atoms with van der Waals surface area (Å²) in [4.78, 5) is 26.2. The monoisotopic (exact) mass is 322 g/mol. The number of rotatable bonds is 3. The highest BCUT2D eigenvalue weighted by Gasteiger charge is 2.49. The Morgan fingerprint density at radius 3 is 2.38 bits per heavy atom. The van der Waals surface area contributed by atoms with Crippen LogP contribution in [0.25, 0.3) is 5.57 Å². The number of allylic oxidation sites excluding steroid dienone is 2. The average Bonchev–Trinajstić information content (AvgIpc) is 3.23. The van der Waals surface area contributed by atoms with Gasteiger partial charge in [0.1, 0.15) is 0 Å². The fourth-order valence-electron chi connectivity index (χ4n) is 4.47. The molecule has 1 heterocycles. The summed E-state index contributed by atoms with van der Waals surface area (Å²) in [6, 6.07) is 10.2. The Kier molecular flexibility index (Phi) is 3.75. The van der Waals surface area contributed by atoms with Gasteiger partial charge < -0.3 is 14.8 Å². The van der Waals surface area contributed by atoms with E-state index in [1.54, 1.807) is 0 Å². The second-order valence-corrected chi connectivity index (χ2v) is 6.95. The number of carboxylic acid groups (broad SMARTS) is 1. The van der Waals surface area contributed by atoms with Gasteiger partial charge in [-0.2, -0.15) is 0 Å². The molecule has 124 valence electrons. The van der Waals surface area contributed by atoms with E-state index in [-0.39, 0.29) is 17.7 Å². The van der Waals surface area contributed by atoms with Crippen LogP contribution in [-0.4, -0.2) is 29.9 Å². The summed E-state index contributed by atoms with van der Waals surface area (Å²) in [6.45, 7) is 1.21. The molecule has 2 aliphatic carbocycles. The SMILES string of the molecule is O=C([O-])C1C2C=CC(C2)C1C(=O)N1CC=C(c2ccccc2)CC1. The first-order chi connectivity index (χ1) is 11.6. The fraction of sp³-hybridized carbons (Fsp3) is 0.400. The van der Waals surface area contributed by atoms with Crippen LogP contribution < -0.4 is 5.11 Å². The number of hydrogen-bond donors (Lipinski definition) is 0. The first-order valence-electron chi connectivity index (χ1n) is 8.57. The van der Waals surface area contributed by atoms with E-state index in [9.17, 15) is 14.7 Å². The number of carbonyl (C=O) groups is 2. The molecular weight excluding hydrogens is 302 g/mol. The molecule has 1 aromatic rings. The number of aliphatic carboxylic acids is 1. The molecule has 1 saturated carbocycles. The molecule has 3 aliphatic rings. The van der Waals surface area contributed by atoms with Crippen molar-refractivity contribution in [2.24, 2.45) is 23.7 Å². The summed E-state index contributed by atoms with van der Waals surface area (Å²) in [7, 11) is 0. The van der Waals surface area contributed by atoms with Crippen LogP contribution in [0.2, 0.25) is 0 Å². The Balaban J connectivity index is 1.50. The predicted octanol–water partition coefficient (Wildman–Crippen LogP) is 1.49. The minimum absolute atomic E-state index is 0.0237. The summed E-state index contributed by atoms with van der Waals surface area (Å²) in [5.74, 6) is -2.19. The van der Waals surface area contributed by atoms with E-state index in [0.29, 0.717) is 13.1 Å². The van der Waals surface area contributed by atoms with E-state index in [0.717, 1.165) is 12.8 Å². The predicted molar refractivity (Wildman–Crippen MR) is 88.3 cm³/mol. The summed E-state index contributed by atoms with van der Waals surface area (Å²) >= 11 is 0. The second kappa shape index (κ2) is 5.93. The Labute approximate surface area is 141 Å². The third-order valence-electron chi connectivity index (χ3n) is 5.68. The maximum Gasteiger partial charge on any atom is 0.227 e. The number of carbonyl (C=O) groups excluding carboxylic acids is 2. The Morgan fingerprint density at radius 2 is 1.75 bits per heavy atom. The van der Waals surface area contributed by atoms with Crippen LogP contribution in [0.3, 0.4) is 0 Å². The molecule has 0 N–H and O–H groups in total. The van der Waals surface area contributed by atoms with E-state index in [1.807, 2.05) is 35.3 Å². The van der Waals surface area contributed by atoms with Gasteiger partial charge in [0.05, 0.1) is 5.92 Å². The standard InChI is InChI=1S/C20H21NO3/c22-19(17-15-6-7-16(12-15)18(17)20(23)24)21-10-8-14(9-11-21)13-4-2-1-3-5-13/h1-8,15-18H,9-12H2,(H,23,24)/p-1. The van der Waals surface area contributed by atoms with E-state index in [2.05, 4.69) is 18.2 Å². The maximum absolute atomic E-state index is 12.9. The molecule has 1 aliphatic heterocycles. The number of nitrogens with zero attached hydrogens (tertiary/aromatic N) is 1. The van der Waals surface area contributed by atoms with Gasteiger partial charge in [-0.15, -0.1) is 0 Å². The van der Waals surface area contributed by atoms with Crippen molar-refractivity contribution in [1.82, 2.24) is 4.90 Å². The van der Waals surface area contributed by atoms with Gasteiger partial charge in [-0.3, -0.25) is 4.79 Å². The molecular formula is C20H20NO3-. The number of hydrogen-bond acceptors (Lipinski definition) is 3. The van der Waals surface area contributed by atoms with Gasteiger partial charge in [0.2, 0.25) is 5.91 Å². The van der Waals surface area contributed by atoms with Gasteiger partial charge in [0, 0.05) is 25.0 Å². The minimum atomic E-state index is -1.08. The fourth-order valence-corrected chi connectivity index (χ4v) is 4.47. The van der Waals surface area contributed by atoms with Gasteiger partial charge in [0.15, 0.2) is 0 Å². The Bertz CT molecular complexity index is 722. The Hall–Kier alpha value is -2.36. The van der Waals surface area contributed by atoms with Crippen LogP contribution in [-0.2, 0) is 9.59 Å². The van der Waals surface area contributed by atoms with Crippen molar-refractivity contribution in [2.45, 2.75) is 12.8 Å². The lowest BCUT2D eigenvalue weighted by atomic mass is 9.82. The smallest absolute Gasteiger partial charge is 0.227 e. The highest BCUT2D eigenvalue weighted by Crippen LogP contribution is 2.48. The molecule has 2 bridgehead atoms. The normalized spacial score (nSPS) is 31.2. The molecule has 4 atom stereocenters. The van der Waals surface area contributed by atoms with Crippen molar-refractivity contribution in [3.63, 3.8) is 0 Å². The lowest BCUT2D eigenvalue weighted by molar-refractivity contribution is -0.313. The van der Waals surface area contributed by atoms with E-state index < -0.39 is 17.8 Å². The lowest BCUT2D eigenvalue weighted by Crippen LogP contribution is -2.47. The largest absolute Gasteiger partial charge is 0.550 e. The minimum Gasteiger partial charge on any atom is -0.550 e. The molecule has 4 unspecified atom stereocenters. The molecule has 4 rings (SSSR count). The van der Waals surface area contributed by atoms with Crippen molar-refractivity contribution >= 4 is 17.4 Å². The van der Waals surface area contributed by atoms with Crippen LogP contribution in [0.4, 0.5) is 0 Å².